The van der Waals surface area contributed by atoms with Gasteiger partial charge in [-0.1, -0.05) is 17.7 Å². The number of aliphatic hydroxyl groups excluding tert-OH is 1. The summed E-state index contributed by atoms with van der Waals surface area (Å²) in [6, 6.07) is 5.33. The fourth-order valence-corrected chi connectivity index (χ4v) is 1.44. The van der Waals surface area contributed by atoms with Crippen LogP contribution in [0, 0.1) is 0 Å². The molecule has 0 bridgehead atoms. The van der Waals surface area contributed by atoms with E-state index in [1.54, 1.807) is 25.3 Å². The highest BCUT2D eigenvalue weighted by Gasteiger charge is 2.06. The van der Waals surface area contributed by atoms with E-state index < -0.39 is 0 Å². The van der Waals surface area contributed by atoms with Crippen LogP contribution in [0.15, 0.2) is 18.2 Å². The second kappa shape index (κ2) is 6.67. The first kappa shape index (κ1) is 12.3. The normalized spacial score (nSPS) is 10.3. The van der Waals surface area contributed by atoms with Crippen molar-refractivity contribution in [2.75, 3.05) is 20.3 Å². The molecule has 0 aliphatic rings. The van der Waals surface area contributed by atoms with Gasteiger partial charge in [0.05, 0.1) is 13.2 Å². The summed E-state index contributed by atoms with van der Waals surface area (Å²) in [4.78, 5) is 0. The van der Waals surface area contributed by atoms with Crippen LogP contribution in [0.2, 0.25) is 5.02 Å². The molecule has 3 nitrogen and oxygen atoms in total. The molecule has 0 aliphatic heterocycles. The number of hydrogen-bond donors (Lipinski definition) is 1. The maximum Gasteiger partial charge on any atom is 0.126 e. The number of halogens is 1. The second-order valence-electron chi connectivity index (χ2n) is 3.07. The molecule has 0 fully saturated rings. The van der Waals surface area contributed by atoms with Crippen LogP contribution in [-0.4, -0.2) is 25.4 Å². The van der Waals surface area contributed by atoms with E-state index >= 15 is 0 Å². The Kier molecular flexibility index (Phi) is 5.47. The van der Waals surface area contributed by atoms with Gasteiger partial charge in [0.2, 0.25) is 0 Å². The maximum absolute atomic E-state index is 9.11. The molecule has 15 heavy (non-hydrogen) atoms. The third-order valence-corrected chi connectivity index (χ3v) is 2.34. The van der Waals surface area contributed by atoms with Crippen molar-refractivity contribution in [1.29, 1.82) is 0 Å². The minimum atomic E-state index is -0.112. The van der Waals surface area contributed by atoms with Crippen molar-refractivity contribution >= 4 is 11.6 Å². The van der Waals surface area contributed by atoms with E-state index in [1.165, 1.54) is 0 Å². The van der Waals surface area contributed by atoms with Gasteiger partial charge in [0.1, 0.15) is 5.75 Å². The average Bonchev–Trinajstić information content (AvgIpc) is 2.24. The molecule has 0 unspecified atom stereocenters. The zero-order valence-electron chi connectivity index (χ0n) is 8.70. The SMILES string of the molecule is COCCCOc1cccc(Cl)c1CO. The molecule has 84 valence electrons. The van der Waals surface area contributed by atoms with E-state index in [0.29, 0.717) is 29.5 Å². The Hall–Kier alpha value is -0.770. The van der Waals surface area contributed by atoms with Gasteiger partial charge in [0.25, 0.3) is 0 Å². The Labute approximate surface area is 94.6 Å². The van der Waals surface area contributed by atoms with Crippen LogP contribution in [0.25, 0.3) is 0 Å². The lowest BCUT2D eigenvalue weighted by atomic mass is 10.2. The van der Waals surface area contributed by atoms with Gasteiger partial charge in [0, 0.05) is 30.7 Å². The van der Waals surface area contributed by atoms with Gasteiger partial charge in [-0.25, -0.2) is 0 Å². The van der Waals surface area contributed by atoms with Gasteiger partial charge in [-0.3, -0.25) is 0 Å². The van der Waals surface area contributed by atoms with Crippen LogP contribution in [0.1, 0.15) is 12.0 Å². The first-order chi connectivity index (χ1) is 7.29. The molecule has 0 aromatic heterocycles. The molecule has 1 aromatic carbocycles. The summed E-state index contributed by atoms with van der Waals surface area (Å²) in [7, 11) is 1.65. The van der Waals surface area contributed by atoms with Crippen molar-refractivity contribution in [2.45, 2.75) is 13.0 Å². The fourth-order valence-electron chi connectivity index (χ4n) is 1.21. The van der Waals surface area contributed by atoms with Gasteiger partial charge in [-0.05, 0) is 12.1 Å². The lowest BCUT2D eigenvalue weighted by Gasteiger charge is -2.10. The molecule has 0 atom stereocenters. The van der Waals surface area contributed by atoms with E-state index in [9.17, 15) is 0 Å². The predicted octanol–water partition coefficient (Wildman–Crippen LogP) is 2.25. The van der Waals surface area contributed by atoms with Crippen molar-refractivity contribution in [3.63, 3.8) is 0 Å². The van der Waals surface area contributed by atoms with Gasteiger partial charge < -0.3 is 14.6 Å². The molecule has 4 heteroatoms. The number of hydrogen-bond acceptors (Lipinski definition) is 3. The van der Waals surface area contributed by atoms with Gasteiger partial charge in [0.15, 0.2) is 0 Å². The number of ether oxygens (including phenoxy) is 2. The maximum atomic E-state index is 9.11. The summed E-state index contributed by atoms with van der Waals surface area (Å²) in [6.45, 7) is 1.11. The number of methoxy groups -OCH3 is 1. The molecule has 0 saturated heterocycles. The Balaban J connectivity index is 2.56. The average molecular weight is 231 g/mol. The first-order valence-corrected chi connectivity index (χ1v) is 5.17. The van der Waals surface area contributed by atoms with Crippen LogP contribution >= 0.6 is 11.6 Å². The summed E-state index contributed by atoms with van der Waals surface area (Å²) < 4.78 is 10.4. The summed E-state index contributed by atoms with van der Waals surface area (Å²) in [5.74, 6) is 0.640. The zero-order valence-corrected chi connectivity index (χ0v) is 9.46. The summed E-state index contributed by atoms with van der Waals surface area (Å²) in [5.41, 5.74) is 0.636. The molecular formula is C11H15ClO3. The van der Waals surface area contributed by atoms with Crippen LogP contribution in [0.5, 0.6) is 5.75 Å². The lowest BCUT2D eigenvalue weighted by molar-refractivity contribution is 0.170. The highest BCUT2D eigenvalue weighted by atomic mass is 35.5. The number of benzene rings is 1. The molecular weight excluding hydrogens is 216 g/mol. The van der Waals surface area contributed by atoms with E-state index in [0.717, 1.165) is 6.42 Å². The van der Waals surface area contributed by atoms with Crippen LogP contribution in [0.4, 0.5) is 0 Å². The standard InChI is InChI=1S/C11H15ClO3/c1-14-6-3-7-15-11-5-2-4-10(12)9(11)8-13/h2,4-5,13H,3,6-8H2,1H3. The van der Waals surface area contributed by atoms with Crippen LogP contribution < -0.4 is 4.74 Å². The molecule has 0 heterocycles. The van der Waals surface area contributed by atoms with Gasteiger partial charge in [-0.15, -0.1) is 0 Å². The number of aliphatic hydroxyl groups is 1. The van der Waals surface area contributed by atoms with E-state index in [1.807, 2.05) is 0 Å². The largest absolute Gasteiger partial charge is 0.493 e. The fraction of sp³-hybridized carbons (Fsp3) is 0.455. The predicted molar refractivity (Wildman–Crippen MR) is 59.4 cm³/mol. The lowest BCUT2D eigenvalue weighted by Crippen LogP contribution is -2.03. The Morgan fingerprint density at radius 2 is 2.13 bits per heavy atom. The Morgan fingerprint density at radius 3 is 2.80 bits per heavy atom. The molecule has 0 aliphatic carbocycles. The topological polar surface area (TPSA) is 38.7 Å². The molecule has 1 aromatic rings. The van der Waals surface area contributed by atoms with Gasteiger partial charge >= 0.3 is 0 Å². The molecule has 0 amide bonds. The van der Waals surface area contributed by atoms with Crippen molar-refractivity contribution in [3.05, 3.63) is 28.8 Å². The van der Waals surface area contributed by atoms with Crippen molar-refractivity contribution in [1.82, 2.24) is 0 Å². The van der Waals surface area contributed by atoms with Gasteiger partial charge in [-0.2, -0.15) is 0 Å². The Morgan fingerprint density at radius 1 is 1.33 bits per heavy atom. The third-order valence-electron chi connectivity index (χ3n) is 1.98. The van der Waals surface area contributed by atoms with E-state index in [4.69, 9.17) is 26.2 Å². The monoisotopic (exact) mass is 230 g/mol. The van der Waals surface area contributed by atoms with Crippen molar-refractivity contribution in [2.24, 2.45) is 0 Å². The molecule has 0 radical (unpaired) electrons. The van der Waals surface area contributed by atoms with Crippen molar-refractivity contribution in [3.8, 4) is 5.75 Å². The first-order valence-electron chi connectivity index (χ1n) is 4.79. The van der Waals surface area contributed by atoms with Crippen LogP contribution in [0.3, 0.4) is 0 Å². The Bertz CT molecular complexity index is 302. The third kappa shape index (κ3) is 3.70. The smallest absolute Gasteiger partial charge is 0.126 e. The summed E-state index contributed by atoms with van der Waals surface area (Å²) in [5, 5.41) is 9.64. The molecule has 1 N–H and O–H groups in total. The molecule has 0 saturated carbocycles. The summed E-state index contributed by atoms with van der Waals surface area (Å²) in [6.07, 6.45) is 0.813. The highest BCUT2D eigenvalue weighted by Crippen LogP contribution is 2.26. The minimum absolute atomic E-state index is 0.112. The van der Waals surface area contributed by atoms with E-state index in [2.05, 4.69) is 0 Å². The quantitative estimate of drug-likeness (QED) is 0.762. The molecule has 1 rings (SSSR count). The minimum Gasteiger partial charge on any atom is -0.493 e. The highest BCUT2D eigenvalue weighted by molar-refractivity contribution is 6.31. The second-order valence-corrected chi connectivity index (χ2v) is 3.48. The number of rotatable bonds is 6. The zero-order chi connectivity index (χ0) is 11.1. The van der Waals surface area contributed by atoms with Crippen LogP contribution in [-0.2, 0) is 11.3 Å². The summed E-state index contributed by atoms with van der Waals surface area (Å²) >= 11 is 5.90. The van der Waals surface area contributed by atoms with Crippen molar-refractivity contribution < 1.29 is 14.6 Å². The molecule has 0 spiro atoms. The van der Waals surface area contributed by atoms with E-state index in [-0.39, 0.29) is 6.61 Å².